The molecule has 1 aromatic heterocycles. The van der Waals surface area contributed by atoms with E-state index in [4.69, 9.17) is 16.7 Å². The molecule has 0 aliphatic heterocycles. The van der Waals surface area contributed by atoms with Gasteiger partial charge in [0.2, 0.25) is 5.91 Å². The Morgan fingerprint density at radius 1 is 1.42 bits per heavy atom. The fraction of sp³-hybridized carbons (Fsp3) is 0.312. The molecule has 2 N–H and O–H groups in total. The topological polar surface area (TPSA) is 79.3 Å². The summed E-state index contributed by atoms with van der Waals surface area (Å²) in [6, 6.07) is 4.21. The molecule has 0 bridgehead atoms. The van der Waals surface area contributed by atoms with E-state index >= 15 is 0 Å². The summed E-state index contributed by atoms with van der Waals surface area (Å²) in [6.07, 6.45) is 0.406. The van der Waals surface area contributed by atoms with Crippen LogP contribution in [0.15, 0.2) is 23.6 Å². The highest BCUT2D eigenvalue weighted by Crippen LogP contribution is 2.28. The number of aromatic nitrogens is 1. The van der Waals surface area contributed by atoms with Crippen LogP contribution in [0.5, 0.6) is 0 Å². The first-order valence-corrected chi connectivity index (χ1v) is 8.39. The monoisotopic (exact) mass is 370 g/mol. The normalized spacial score (nSPS) is 11.3. The maximum Gasteiger partial charge on any atom is 0.355 e. The van der Waals surface area contributed by atoms with E-state index < -0.39 is 17.2 Å². The summed E-state index contributed by atoms with van der Waals surface area (Å²) in [7, 11) is 0. The van der Waals surface area contributed by atoms with E-state index in [0.717, 1.165) is 0 Å². The Morgan fingerprint density at radius 3 is 2.71 bits per heavy atom. The summed E-state index contributed by atoms with van der Waals surface area (Å²) in [4.78, 5) is 27.1. The number of halogens is 2. The van der Waals surface area contributed by atoms with Crippen LogP contribution in [0.3, 0.4) is 0 Å². The van der Waals surface area contributed by atoms with E-state index in [2.05, 4.69) is 10.3 Å². The average molecular weight is 371 g/mol. The Balaban J connectivity index is 1.98. The van der Waals surface area contributed by atoms with E-state index in [1.165, 1.54) is 34.9 Å². The molecule has 0 aliphatic rings. The van der Waals surface area contributed by atoms with Crippen LogP contribution in [-0.4, -0.2) is 28.5 Å². The molecule has 0 fully saturated rings. The van der Waals surface area contributed by atoms with Gasteiger partial charge in [0.05, 0.1) is 10.4 Å². The van der Waals surface area contributed by atoms with Crippen molar-refractivity contribution in [1.82, 2.24) is 10.3 Å². The SMILES string of the molecule is CC(C)(C(=O)NCCc1nc(C(=O)O)cs1)c1ccc(Cl)cc1F. The fourth-order valence-electron chi connectivity index (χ4n) is 2.15. The number of aromatic carboxylic acids is 1. The number of hydrogen-bond donors (Lipinski definition) is 2. The molecule has 0 unspecified atom stereocenters. The van der Waals surface area contributed by atoms with Crippen LogP contribution in [0, 0.1) is 5.82 Å². The van der Waals surface area contributed by atoms with E-state index in [9.17, 15) is 14.0 Å². The fourth-order valence-corrected chi connectivity index (χ4v) is 3.08. The lowest BCUT2D eigenvalue weighted by atomic mass is 9.83. The molecule has 0 radical (unpaired) electrons. The molecule has 2 aromatic rings. The van der Waals surface area contributed by atoms with Crippen molar-refractivity contribution in [3.8, 4) is 0 Å². The highest BCUT2D eigenvalue weighted by Gasteiger charge is 2.32. The van der Waals surface area contributed by atoms with E-state index in [1.807, 2.05) is 0 Å². The second kappa shape index (κ2) is 7.27. The van der Waals surface area contributed by atoms with Crippen LogP contribution in [0.25, 0.3) is 0 Å². The molecule has 5 nitrogen and oxygen atoms in total. The maximum absolute atomic E-state index is 14.0. The molecule has 1 aromatic carbocycles. The molecule has 1 amide bonds. The molecular formula is C16H16ClFN2O3S. The summed E-state index contributed by atoms with van der Waals surface area (Å²) in [5.41, 5.74) is -0.819. The first-order chi connectivity index (χ1) is 11.2. The Labute approximate surface area is 147 Å². The van der Waals surface area contributed by atoms with E-state index in [-0.39, 0.29) is 28.7 Å². The van der Waals surface area contributed by atoms with E-state index in [0.29, 0.717) is 11.4 Å². The van der Waals surface area contributed by atoms with Crippen LogP contribution < -0.4 is 5.32 Å². The molecule has 0 saturated heterocycles. The molecular weight excluding hydrogens is 355 g/mol. The summed E-state index contributed by atoms with van der Waals surface area (Å²) >= 11 is 6.95. The number of amides is 1. The Bertz CT molecular complexity index is 776. The predicted octanol–water partition coefficient (Wildman–Crippen LogP) is 3.27. The molecule has 128 valence electrons. The van der Waals surface area contributed by atoms with Crippen LogP contribution >= 0.6 is 22.9 Å². The minimum Gasteiger partial charge on any atom is -0.476 e. The lowest BCUT2D eigenvalue weighted by Crippen LogP contribution is -2.41. The second-order valence-corrected chi connectivity index (χ2v) is 7.07. The highest BCUT2D eigenvalue weighted by atomic mass is 35.5. The number of nitrogens with zero attached hydrogens (tertiary/aromatic N) is 1. The summed E-state index contributed by atoms with van der Waals surface area (Å²) < 4.78 is 14.0. The van der Waals surface area contributed by atoms with Gasteiger partial charge in [-0.3, -0.25) is 4.79 Å². The van der Waals surface area contributed by atoms with Gasteiger partial charge in [0.25, 0.3) is 0 Å². The van der Waals surface area contributed by atoms with Crippen molar-refractivity contribution in [3.05, 3.63) is 50.7 Å². The molecule has 0 aliphatic carbocycles. The largest absolute Gasteiger partial charge is 0.476 e. The zero-order valence-electron chi connectivity index (χ0n) is 13.1. The zero-order valence-corrected chi connectivity index (χ0v) is 14.7. The standard InChI is InChI=1S/C16H16ClFN2O3S/c1-16(2,10-4-3-9(17)7-11(10)18)15(23)19-6-5-13-20-12(8-24-13)14(21)22/h3-4,7-8H,5-6H2,1-2H3,(H,19,23)(H,21,22). The van der Waals surface area contributed by atoms with Gasteiger partial charge >= 0.3 is 5.97 Å². The third-order valence-corrected chi connectivity index (χ3v) is 4.71. The second-order valence-electron chi connectivity index (χ2n) is 5.69. The lowest BCUT2D eigenvalue weighted by Gasteiger charge is -2.24. The molecule has 1 heterocycles. The zero-order chi connectivity index (χ0) is 17.9. The Morgan fingerprint density at radius 2 is 2.12 bits per heavy atom. The maximum atomic E-state index is 14.0. The number of benzene rings is 1. The van der Waals surface area contributed by atoms with Crippen molar-refractivity contribution in [2.45, 2.75) is 25.7 Å². The van der Waals surface area contributed by atoms with E-state index in [1.54, 1.807) is 13.8 Å². The van der Waals surface area contributed by atoms with Crippen molar-refractivity contribution >= 4 is 34.8 Å². The summed E-state index contributed by atoms with van der Waals surface area (Å²) in [6.45, 7) is 3.53. The Kier molecular flexibility index (Phi) is 5.56. The smallest absolute Gasteiger partial charge is 0.355 e. The van der Waals surface area contributed by atoms with Crippen molar-refractivity contribution in [1.29, 1.82) is 0 Å². The van der Waals surface area contributed by atoms with Gasteiger partial charge in [-0.25, -0.2) is 14.2 Å². The van der Waals surface area contributed by atoms with Crippen molar-refractivity contribution < 1.29 is 19.1 Å². The van der Waals surface area contributed by atoms with Gasteiger partial charge < -0.3 is 10.4 Å². The first kappa shape index (κ1) is 18.4. The molecule has 0 atom stereocenters. The third-order valence-electron chi connectivity index (χ3n) is 3.57. The van der Waals surface area contributed by atoms with Crippen LogP contribution in [-0.2, 0) is 16.6 Å². The number of carboxylic acid groups (broad SMARTS) is 1. The summed E-state index contributed by atoms with van der Waals surface area (Å²) in [5, 5.41) is 13.9. The number of rotatable bonds is 6. The quantitative estimate of drug-likeness (QED) is 0.817. The van der Waals surface area contributed by atoms with Crippen LogP contribution in [0.2, 0.25) is 5.02 Å². The molecule has 2 rings (SSSR count). The minimum absolute atomic E-state index is 0.00936. The average Bonchev–Trinajstić information content (AvgIpc) is 2.95. The van der Waals surface area contributed by atoms with Crippen molar-refractivity contribution in [2.75, 3.05) is 6.54 Å². The number of hydrogen-bond acceptors (Lipinski definition) is 4. The van der Waals surface area contributed by atoms with Crippen LogP contribution in [0.4, 0.5) is 4.39 Å². The molecule has 0 spiro atoms. The first-order valence-electron chi connectivity index (χ1n) is 7.13. The number of carboxylic acids is 1. The van der Waals surface area contributed by atoms with Gasteiger partial charge in [0.15, 0.2) is 5.69 Å². The van der Waals surface area contributed by atoms with Gasteiger partial charge in [0.1, 0.15) is 5.82 Å². The minimum atomic E-state index is -1.08. The summed E-state index contributed by atoms with van der Waals surface area (Å²) in [5.74, 6) is -1.95. The lowest BCUT2D eigenvalue weighted by molar-refractivity contribution is -0.125. The van der Waals surface area contributed by atoms with Gasteiger partial charge in [-0.05, 0) is 26.0 Å². The Hall–Kier alpha value is -1.99. The number of carbonyl (C=O) groups is 2. The third kappa shape index (κ3) is 4.10. The van der Waals surface area contributed by atoms with Crippen molar-refractivity contribution in [3.63, 3.8) is 0 Å². The van der Waals surface area contributed by atoms with Gasteiger partial charge in [0, 0.05) is 28.9 Å². The number of carbonyl (C=O) groups excluding carboxylic acids is 1. The predicted molar refractivity (Wildman–Crippen MR) is 90.2 cm³/mol. The van der Waals surface area contributed by atoms with Gasteiger partial charge in [-0.2, -0.15) is 0 Å². The molecule has 0 saturated carbocycles. The van der Waals surface area contributed by atoms with Crippen LogP contribution in [0.1, 0.15) is 34.9 Å². The molecule has 8 heteroatoms. The molecule has 24 heavy (non-hydrogen) atoms. The van der Waals surface area contributed by atoms with Gasteiger partial charge in [-0.1, -0.05) is 17.7 Å². The van der Waals surface area contributed by atoms with Crippen molar-refractivity contribution in [2.24, 2.45) is 0 Å². The number of thiazole rings is 1. The van der Waals surface area contributed by atoms with Gasteiger partial charge in [-0.15, -0.1) is 11.3 Å². The number of nitrogens with one attached hydrogen (secondary N) is 1. The highest BCUT2D eigenvalue weighted by molar-refractivity contribution is 7.09.